The van der Waals surface area contributed by atoms with Gasteiger partial charge in [0, 0.05) is 11.8 Å². The van der Waals surface area contributed by atoms with E-state index in [0.29, 0.717) is 22.6 Å². The van der Waals surface area contributed by atoms with Gasteiger partial charge in [-0.15, -0.1) is 0 Å². The van der Waals surface area contributed by atoms with E-state index in [-0.39, 0.29) is 36.6 Å². The molecule has 0 aliphatic carbocycles. The molecule has 4 aromatic carbocycles. The van der Waals surface area contributed by atoms with Gasteiger partial charge in [-0.3, -0.25) is 9.59 Å². The number of fused-ring (bicyclic) bond motifs is 2. The van der Waals surface area contributed by atoms with Crippen molar-refractivity contribution in [1.82, 2.24) is 0 Å². The van der Waals surface area contributed by atoms with Gasteiger partial charge in [-0.05, 0) is 35.4 Å². The van der Waals surface area contributed by atoms with E-state index in [4.69, 9.17) is 9.47 Å². The SMILES string of the molecule is O=C1c2ccccc2OCC1C(c1ccccc1)C(c1ccccc1)C1COc2ccccc2C1=O. The predicted molar refractivity (Wildman–Crippen MR) is 138 cm³/mol. The molecule has 0 saturated carbocycles. The third kappa shape index (κ3) is 3.89. The lowest BCUT2D eigenvalue weighted by Gasteiger charge is -2.40. The second kappa shape index (κ2) is 9.46. The first kappa shape index (κ1) is 22.3. The van der Waals surface area contributed by atoms with Gasteiger partial charge < -0.3 is 9.47 Å². The van der Waals surface area contributed by atoms with Crippen molar-refractivity contribution in [3.05, 3.63) is 131 Å². The van der Waals surface area contributed by atoms with Crippen molar-refractivity contribution in [3.63, 3.8) is 0 Å². The first-order chi connectivity index (χ1) is 17.7. The smallest absolute Gasteiger partial charge is 0.173 e. The van der Waals surface area contributed by atoms with Crippen LogP contribution in [0, 0.1) is 11.8 Å². The van der Waals surface area contributed by atoms with Crippen molar-refractivity contribution >= 4 is 11.6 Å². The Kier molecular flexibility index (Phi) is 5.86. The monoisotopic (exact) mass is 474 g/mol. The maximum absolute atomic E-state index is 13.9. The summed E-state index contributed by atoms with van der Waals surface area (Å²) in [6.07, 6.45) is 0. The molecule has 178 valence electrons. The summed E-state index contributed by atoms with van der Waals surface area (Å²) in [5.74, 6) is -0.113. The molecule has 2 aliphatic rings. The van der Waals surface area contributed by atoms with Crippen LogP contribution < -0.4 is 9.47 Å². The van der Waals surface area contributed by atoms with Gasteiger partial charge in [-0.1, -0.05) is 84.9 Å². The molecule has 0 radical (unpaired) electrons. The number of benzene rings is 4. The molecule has 0 saturated heterocycles. The number of carbonyl (C=O) groups excluding carboxylic acids is 2. The highest BCUT2D eigenvalue weighted by atomic mass is 16.5. The molecule has 6 rings (SSSR count). The zero-order chi connectivity index (χ0) is 24.5. The van der Waals surface area contributed by atoms with Crippen LogP contribution in [0.4, 0.5) is 0 Å². The van der Waals surface area contributed by atoms with Crippen LogP contribution >= 0.6 is 0 Å². The van der Waals surface area contributed by atoms with E-state index in [1.165, 1.54) is 0 Å². The first-order valence-electron chi connectivity index (χ1n) is 12.3. The molecule has 4 unspecified atom stereocenters. The number of hydrogen-bond acceptors (Lipinski definition) is 4. The summed E-state index contributed by atoms with van der Waals surface area (Å²) in [4.78, 5) is 27.9. The molecule has 0 amide bonds. The van der Waals surface area contributed by atoms with E-state index in [9.17, 15) is 9.59 Å². The highest BCUT2D eigenvalue weighted by Crippen LogP contribution is 2.48. The lowest BCUT2D eigenvalue weighted by Crippen LogP contribution is -2.41. The lowest BCUT2D eigenvalue weighted by molar-refractivity contribution is 0.0672. The Morgan fingerprint density at radius 1 is 0.500 bits per heavy atom. The molecule has 0 bridgehead atoms. The number of hydrogen-bond donors (Lipinski definition) is 0. The van der Waals surface area contributed by atoms with Gasteiger partial charge in [0.1, 0.15) is 11.5 Å². The zero-order valence-electron chi connectivity index (χ0n) is 19.7. The van der Waals surface area contributed by atoms with Crippen molar-refractivity contribution in [2.24, 2.45) is 11.8 Å². The first-order valence-corrected chi connectivity index (χ1v) is 12.3. The second-order valence-electron chi connectivity index (χ2n) is 9.43. The Hall–Kier alpha value is -4.18. The molecule has 2 heterocycles. The van der Waals surface area contributed by atoms with E-state index >= 15 is 0 Å². The number of Topliss-reactive ketones (excluding diaryl/α,β-unsaturated/α-hetero) is 2. The second-order valence-corrected chi connectivity index (χ2v) is 9.43. The Morgan fingerprint density at radius 2 is 0.861 bits per heavy atom. The molecule has 4 nitrogen and oxygen atoms in total. The van der Waals surface area contributed by atoms with Crippen molar-refractivity contribution in [2.75, 3.05) is 13.2 Å². The molecular formula is C32H26O4. The van der Waals surface area contributed by atoms with Crippen molar-refractivity contribution < 1.29 is 19.1 Å². The van der Waals surface area contributed by atoms with Crippen LogP contribution in [0.25, 0.3) is 0 Å². The summed E-state index contributed by atoms with van der Waals surface area (Å²) in [6.45, 7) is 0.522. The maximum atomic E-state index is 13.9. The van der Waals surface area contributed by atoms with Crippen LogP contribution in [0.3, 0.4) is 0 Å². The Balaban J connectivity index is 1.51. The van der Waals surface area contributed by atoms with Crippen LogP contribution in [0.15, 0.2) is 109 Å². The van der Waals surface area contributed by atoms with Gasteiger partial charge in [0.2, 0.25) is 0 Å². The van der Waals surface area contributed by atoms with E-state index in [1.807, 2.05) is 84.9 Å². The minimum Gasteiger partial charge on any atom is -0.492 e. The maximum Gasteiger partial charge on any atom is 0.173 e. The fourth-order valence-electron chi connectivity index (χ4n) is 5.77. The van der Waals surface area contributed by atoms with Crippen LogP contribution in [-0.4, -0.2) is 24.8 Å². The van der Waals surface area contributed by atoms with Crippen molar-refractivity contribution in [2.45, 2.75) is 11.8 Å². The lowest BCUT2D eigenvalue weighted by atomic mass is 9.65. The Labute approximate surface area is 210 Å². The third-order valence-corrected chi connectivity index (χ3v) is 7.44. The van der Waals surface area contributed by atoms with Gasteiger partial charge in [0.05, 0.1) is 36.2 Å². The highest BCUT2D eigenvalue weighted by Gasteiger charge is 2.46. The van der Waals surface area contributed by atoms with Gasteiger partial charge in [-0.25, -0.2) is 0 Å². The van der Waals surface area contributed by atoms with Crippen LogP contribution in [0.1, 0.15) is 43.7 Å². The van der Waals surface area contributed by atoms with Crippen LogP contribution in [0.2, 0.25) is 0 Å². The molecule has 0 fully saturated rings. The van der Waals surface area contributed by atoms with E-state index in [2.05, 4.69) is 24.3 Å². The summed E-state index contributed by atoms with van der Waals surface area (Å²) < 4.78 is 12.3. The summed E-state index contributed by atoms with van der Waals surface area (Å²) in [7, 11) is 0. The van der Waals surface area contributed by atoms with E-state index in [0.717, 1.165) is 11.1 Å². The van der Waals surface area contributed by atoms with E-state index in [1.54, 1.807) is 0 Å². The minimum atomic E-state index is -0.447. The van der Waals surface area contributed by atoms with Crippen molar-refractivity contribution in [1.29, 1.82) is 0 Å². The Bertz CT molecular complexity index is 1290. The number of para-hydroxylation sites is 2. The average molecular weight is 475 g/mol. The topological polar surface area (TPSA) is 52.6 Å². The zero-order valence-corrected chi connectivity index (χ0v) is 19.7. The molecule has 2 aliphatic heterocycles. The third-order valence-electron chi connectivity index (χ3n) is 7.44. The van der Waals surface area contributed by atoms with Gasteiger partial charge in [-0.2, -0.15) is 0 Å². The molecular weight excluding hydrogens is 448 g/mol. The van der Waals surface area contributed by atoms with Crippen LogP contribution in [-0.2, 0) is 0 Å². The molecule has 0 aromatic heterocycles. The molecule has 36 heavy (non-hydrogen) atoms. The summed E-state index contributed by atoms with van der Waals surface area (Å²) in [5, 5.41) is 0. The molecule has 0 N–H and O–H groups in total. The van der Waals surface area contributed by atoms with Gasteiger partial charge in [0.15, 0.2) is 11.6 Å². The predicted octanol–water partition coefficient (Wildman–Crippen LogP) is 6.34. The largest absolute Gasteiger partial charge is 0.492 e. The fraction of sp³-hybridized carbons (Fsp3) is 0.188. The molecule has 4 aromatic rings. The van der Waals surface area contributed by atoms with Gasteiger partial charge >= 0.3 is 0 Å². The summed E-state index contributed by atoms with van der Waals surface area (Å²) in [6, 6.07) is 34.9. The molecule has 4 heteroatoms. The number of ketones is 2. The summed E-state index contributed by atoms with van der Waals surface area (Å²) >= 11 is 0. The minimum absolute atomic E-state index is 0.0520. The molecule has 4 atom stereocenters. The number of carbonyl (C=O) groups is 2. The average Bonchev–Trinajstić information content (AvgIpc) is 2.94. The standard InChI is InChI=1S/C32H26O4/c33-31-23-15-7-9-17-27(23)35-19-25(31)29(21-11-3-1-4-12-21)30(22-13-5-2-6-14-22)26-20-36-28-18-10-8-16-24(28)32(26)34/h1-18,25-26,29-30H,19-20H2. The van der Waals surface area contributed by atoms with Gasteiger partial charge in [0.25, 0.3) is 0 Å². The Morgan fingerprint density at radius 3 is 1.28 bits per heavy atom. The van der Waals surface area contributed by atoms with E-state index < -0.39 is 11.8 Å². The quantitative estimate of drug-likeness (QED) is 0.339. The fourth-order valence-corrected chi connectivity index (χ4v) is 5.77. The number of ether oxygens (including phenoxy) is 2. The highest BCUT2D eigenvalue weighted by molar-refractivity contribution is 6.03. The van der Waals surface area contributed by atoms with Crippen LogP contribution in [0.5, 0.6) is 11.5 Å². The summed E-state index contributed by atoms with van der Waals surface area (Å²) in [5.41, 5.74) is 3.22. The molecule has 0 spiro atoms. The number of rotatable bonds is 5. The van der Waals surface area contributed by atoms with Crippen molar-refractivity contribution in [3.8, 4) is 11.5 Å². The normalized spacial score (nSPS) is 20.3.